The SMILES string of the molecule is COC(=O)C=C(C(=O)OC)C(C(=O)OC)=[C]([Pt])C(=O)OC. The Morgan fingerprint density at radius 3 is 1.62 bits per heavy atom. The van der Waals surface area contributed by atoms with Crippen LogP contribution in [0.5, 0.6) is 0 Å². The number of carbonyl (C=O) groups excluding carboxylic acids is 4. The number of carbonyl (C=O) groups is 4. The van der Waals surface area contributed by atoms with E-state index >= 15 is 0 Å². The molecule has 119 valence electrons. The molecule has 0 N–H and O–H groups in total. The summed E-state index contributed by atoms with van der Waals surface area (Å²) in [7, 11) is 4.28. The predicted octanol–water partition coefficient (Wildman–Crippen LogP) is -0.594. The van der Waals surface area contributed by atoms with E-state index in [9.17, 15) is 19.2 Å². The van der Waals surface area contributed by atoms with Crippen LogP contribution in [-0.4, -0.2) is 52.3 Å². The quantitative estimate of drug-likeness (QED) is 0.223. The normalized spacial score (nSPS) is 12.0. The van der Waals surface area contributed by atoms with Crippen LogP contribution < -0.4 is 0 Å². The van der Waals surface area contributed by atoms with Gasteiger partial charge in [-0.15, -0.1) is 0 Å². The molecule has 0 fully saturated rings. The van der Waals surface area contributed by atoms with Gasteiger partial charge in [-0.05, 0) is 0 Å². The van der Waals surface area contributed by atoms with E-state index < -0.39 is 35.0 Å². The molecule has 0 atom stereocenters. The third-order valence-corrected chi connectivity index (χ3v) is 3.12. The molecular weight excluding hydrogens is 467 g/mol. The fourth-order valence-corrected chi connectivity index (χ4v) is 1.88. The van der Waals surface area contributed by atoms with Crippen molar-refractivity contribution in [1.29, 1.82) is 0 Å². The van der Waals surface area contributed by atoms with E-state index in [0.717, 1.165) is 34.5 Å². The predicted molar refractivity (Wildman–Crippen MR) is 63.2 cm³/mol. The molecule has 0 saturated carbocycles. The zero-order valence-electron chi connectivity index (χ0n) is 11.7. The van der Waals surface area contributed by atoms with E-state index in [0.29, 0.717) is 0 Å². The van der Waals surface area contributed by atoms with E-state index in [1.54, 1.807) is 0 Å². The first-order valence-electron chi connectivity index (χ1n) is 5.25. The maximum atomic E-state index is 11.8. The molecule has 0 aliphatic carbocycles. The molecule has 0 radical (unpaired) electrons. The van der Waals surface area contributed by atoms with Gasteiger partial charge in [-0.2, -0.15) is 0 Å². The van der Waals surface area contributed by atoms with E-state index in [-0.39, 0.29) is 3.96 Å². The Labute approximate surface area is 131 Å². The van der Waals surface area contributed by atoms with Gasteiger partial charge in [-0.3, -0.25) is 0 Å². The van der Waals surface area contributed by atoms with Crippen LogP contribution in [0.15, 0.2) is 21.2 Å². The Kier molecular flexibility index (Phi) is 8.23. The Bertz CT molecular complexity index is 517. The molecule has 0 aromatic carbocycles. The number of rotatable bonds is 5. The van der Waals surface area contributed by atoms with Crippen molar-refractivity contribution in [2.75, 3.05) is 28.4 Å². The monoisotopic (exact) mass is 480 g/mol. The summed E-state index contributed by atoms with van der Waals surface area (Å²) in [4.78, 5) is 46.4. The van der Waals surface area contributed by atoms with Gasteiger partial charge in [-0.1, -0.05) is 0 Å². The average Bonchev–Trinajstić information content (AvgIpc) is 2.51. The van der Waals surface area contributed by atoms with Gasteiger partial charge in [0.2, 0.25) is 0 Å². The fraction of sp³-hybridized carbons (Fsp3) is 0.333. The summed E-state index contributed by atoms with van der Waals surface area (Å²) in [6.45, 7) is 0. The first-order chi connectivity index (χ1) is 9.83. The zero-order valence-corrected chi connectivity index (χ0v) is 13.9. The third kappa shape index (κ3) is 5.15. The van der Waals surface area contributed by atoms with Crippen molar-refractivity contribution in [2.45, 2.75) is 0 Å². The topological polar surface area (TPSA) is 105 Å². The summed E-state index contributed by atoms with van der Waals surface area (Å²) in [5.41, 5.74) is -0.935. The van der Waals surface area contributed by atoms with Crippen LogP contribution in [0.2, 0.25) is 0 Å². The van der Waals surface area contributed by atoms with Gasteiger partial charge in [0.15, 0.2) is 0 Å². The molecule has 21 heavy (non-hydrogen) atoms. The van der Waals surface area contributed by atoms with Crippen molar-refractivity contribution in [3.8, 4) is 0 Å². The molecule has 0 amide bonds. The molecule has 0 aromatic rings. The van der Waals surface area contributed by atoms with Crippen LogP contribution in [0.4, 0.5) is 0 Å². The summed E-state index contributed by atoms with van der Waals surface area (Å²) in [5.74, 6) is -3.81. The summed E-state index contributed by atoms with van der Waals surface area (Å²) >= 11 is 1.48. The molecule has 0 aliphatic heterocycles. The van der Waals surface area contributed by atoms with E-state index in [1.807, 2.05) is 0 Å². The number of hydrogen-bond donors (Lipinski definition) is 0. The molecule has 0 aliphatic rings. The molecule has 9 heteroatoms. The van der Waals surface area contributed by atoms with Crippen LogP contribution in [0.3, 0.4) is 0 Å². The van der Waals surface area contributed by atoms with Crippen molar-refractivity contribution in [1.82, 2.24) is 0 Å². The third-order valence-electron chi connectivity index (χ3n) is 2.08. The molecule has 0 rings (SSSR count). The second-order valence-electron chi connectivity index (χ2n) is 3.21. The molecule has 0 spiro atoms. The fourth-order valence-electron chi connectivity index (χ4n) is 1.11. The van der Waals surface area contributed by atoms with Gasteiger partial charge in [0.25, 0.3) is 0 Å². The second-order valence-corrected chi connectivity index (χ2v) is 4.35. The van der Waals surface area contributed by atoms with Crippen LogP contribution >= 0.6 is 0 Å². The molecule has 0 unspecified atom stereocenters. The molecule has 0 aromatic heterocycles. The minimum atomic E-state index is -1.01. The minimum absolute atomic E-state index is 0.245. The zero-order chi connectivity index (χ0) is 16.6. The van der Waals surface area contributed by atoms with Gasteiger partial charge in [0, 0.05) is 0 Å². The molecule has 8 nitrogen and oxygen atoms in total. The van der Waals surface area contributed by atoms with Gasteiger partial charge in [0.1, 0.15) is 0 Å². The van der Waals surface area contributed by atoms with Crippen molar-refractivity contribution in [2.24, 2.45) is 0 Å². The van der Waals surface area contributed by atoms with Crippen molar-refractivity contribution in [3.05, 3.63) is 21.2 Å². The molecule has 0 bridgehead atoms. The standard InChI is InChI=1S/C12H13O8.Pt/c1-17-9(13)5-7(11(15)19-3)8(12(16)20-4)6-10(14)18-2;/h5H,1-4H3;. The van der Waals surface area contributed by atoms with Crippen LogP contribution in [-0.2, 0) is 57.9 Å². The number of esters is 4. The Morgan fingerprint density at radius 1 is 0.762 bits per heavy atom. The van der Waals surface area contributed by atoms with Gasteiger partial charge in [-0.25, -0.2) is 0 Å². The van der Waals surface area contributed by atoms with Crippen molar-refractivity contribution >= 4 is 23.9 Å². The first-order valence-corrected chi connectivity index (χ1v) is 6.39. The van der Waals surface area contributed by atoms with Crippen molar-refractivity contribution in [3.63, 3.8) is 0 Å². The summed E-state index contributed by atoms with van der Waals surface area (Å²) in [5, 5.41) is 0. The van der Waals surface area contributed by atoms with Crippen molar-refractivity contribution < 1.29 is 57.9 Å². The van der Waals surface area contributed by atoms with Crippen LogP contribution in [0.1, 0.15) is 0 Å². The number of ether oxygens (including phenoxy) is 4. The second kappa shape index (κ2) is 9.07. The number of methoxy groups -OCH3 is 4. The summed E-state index contributed by atoms with van der Waals surface area (Å²) in [6, 6.07) is 0. The average molecular weight is 480 g/mol. The van der Waals surface area contributed by atoms with Gasteiger partial charge < -0.3 is 0 Å². The molecular formula is C12H13O8Pt. The Balaban J connectivity index is 6.25. The van der Waals surface area contributed by atoms with E-state index in [1.165, 1.54) is 19.8 Å². The van der Waals surface area contributed by atoms with Crippen LogP contribution in [0, 0.1) is 0 Å². The van der Waals surface area contributed by atoms with Gasteiger partial charge >= 0.3 is 131 Å². The summed E-state index contributed by atoms with van der Waals surface area (Å²) in [6.07, 6.45) is 0.722. The van der Waals surface area contributed by atoms with E-state index in [4.69, 9.17) is 0 Å². The first kappa shape index (κ1) is 19.0. The molecule has 0 saturated heterocycles. The Morgan fingerprint density at radius 2 is 1.24 bits per heavy atom. The molecule has 0 heterocycles. The van der Waals surface area contributed by atoms with Crippen LogP contribution in [0.25, 0.3) is 0 Å². The summed E-state index contributed by atoms with van der Waals surface area (Å²) < 4.78 is 17.6. The Hall–Kier alpha value is -1.95. The van der Waals surface area contributed by atoms with E-state index in [2.05, 4.69) is 18.9 Å². The van der Waals surface area contributed by atoms with Gasteiger partial charge in [0.05, 0.1) is 0 Å². The number of hydrogen-bond acceptors (Lipinski definition) is 8. The maximum absolute atomic E-state index is 11.8.